The van der Waals surface area contributed by atoms with Gasteiger partial charge in [-0.25, -0.2) is 0 Å². The minimum absolute atomic E-state index is 0.0494. The number of anilines is 1. The van der Waals surface area contributed by atoms with E-state index in [1.165, 1.54) is 24.3 Å². The number of nitriles is 1. The Bertz CT molecular complexity index is 1440. The number of rotatable bonds is 8. The van der Waals surface area contributed by atoms with Crippen LogP contribution < -0.4 is 5.32 Å². The van der Waals surface area contributed by atoms with Crippen molar-refractivity contribution < 1.29 is 23.7 Å². The van der Waals surface area contributed by atoms with E-state index in [1.807, 2.05) is 60.7 Å². The van der Waals surface area contributed by atoms with Crippen LogP contribution in [-0.2, 0) is 20.7 Å². The number of nitrogens with one attached hydrogen (secondary N) is 1. The molecule has 4 aromatic rings. The number of non-ortho nitro benzene ring substituents is 1. The van der Waals surface area contributed by atoms with E-state index in [-0.39, 0.29) is 23.6 Å². The van der Waals surface area contributed by atoms with Crippen molar-refractivity contribution in [2.75, 3.05) is 11.9 Å². The second-order valence-corrected chi connectivity index (χ2v) is 7.66. The number of ether oxygens (including phenoxy) is 1. The first-order valence-electron chi connectivity index (χ1n) is 10.8. The Labute approximate surface area is 205 Å². The highest BCUT2D eigenvalue weighted by atomic mass is 16.6. The van der Waals surface area contributed by atoms with Crippen LogP contribution in [-0.4, -0.2) is 23.4 Å². The molecule has 9 nitrogen and oxygen atoms in total. The van der Waals surface area contributed by atoms with Crippen LogP contribution in [0.1, 0.15) is 11.1 Å². The predicted molar refractivity (Wildman–Crippen MR) is 131 cm³/mol. The molecule has 0 aliphatic rings. The Kier molecular flexibility index (Phi) is 7.17. The molecule has 0 atom stereocenters. The molecule has 0 aliphatic carbocycles. The quantitative estimate of drug-likeness (QED) is 0.210. The van der Waals surface area contributed by atoms with E-state index < -0.39 is 23.4 Å². The molecule has 0 bridgehead atoms. The van der Waals surface area contributed by atoms with Gasteiger partial charge >= 0.3 is 5.97 Å². The average molecular weight is 481 g/mol. The maximum absolute atomic E-state index is 12.5. The van der Waals surface area contributed by atoms with Gasteiger partial charge in [-0.2, -0.15) is 5.26 Å². The highest BCUT2D eigenvalue weighted by molar-refractivity contribution is 5.96. The molecular weight excluding hydrogens is 462 g/mol. The van der Waals surface area contributed by atoms with Crippen molar-refractivity contribution in [3.05, 3.63) is 106 Å². The lowest BCUT2D eigenvalue weighted by Crippen LogP contribution is -2.21. The van der Waals surface area contributed by atoms with Gasteiger partial charge in [0, 0.05) is 23.3 Å². The Morgan fingerprint density at radius 1 is 0.944 bits per heavy atom. The van der Waals surface area contributed by atoms with Crippen molar-refractivity contribution in [1.29, 1.82) is 5.26 Å². The number of esters is 1. The van der Waals surface area contributed by atoms with Crippen LogP contribution in [0.3, 0.4) is 0 Å². The van der Waals surface area contributed by atoms with Gasteiger partial charge < -0.3 is 9.15 Å². The van der Waals surface area contributed by atoms with Gasteiger partial charge in [0.1, 0.15) is 17.4 Å². The van der Waals surface area contributed by atoms with Gasteiger partial charge in [0.05, 0.1) is 11.3 Å². The topological polar surface area (TPSA) is 135 Å². The van der Waals surface area contributed by atoms with Crippen molar-refractivity contribution in [3.8, 4) is 28.5 Å². The van der Waals surface area contributed by atoms with Crippen LogP contribution in [0.2, 0.25) is 0 Å². The molecule has 1 amide bonds. The molecule has 9 heteroatoms. The standard InChI is InChI=1S/C27H19N3O6/c28-16-22-25(19-7-3-1-4-8-19)26(20-9-5-2-6-10-20)36-27(22)29-23(31)17-35-24(32)15-18-11-13-21(14-12-18)30(33)34/h1-14H,15,17H2,(H,29,31). The van der Waals surface area contributed by atoms with E-state index in [2.05, 4.69) is 11.4 Å². The highest BCUT2D eigenvalue weighted by Crippen LogP contribution is 2.41. The number of carbonyl (C=O) groups excluding carboxylic acids is 2. The molecule has 0 saturated carbocycles. The smallest absolute Gasteiger partial charge is 0.310 e. The Morgan fingerprint density at radius 3 is 2.14 bits per heavy atom. The summed E-state index contributed by atoms with van der Waals surface area (Å²) in [6, 6.07) is 25.9. The summed E-state index contributed by atoms with van der Waals surface area (Å²) in [5.41, 5.74) is 2.56. The summed E-state index contributed by atoms with van der Waals surface area (Å²) in [5, 5.41) is 23.1. The van der Waals surface area contributed by atoms with Crippen molar-refractivity contribution in [2.24, 2.45) is 0 Å². The van der Waals surface area contributed by atoms with E-state index in [0.717, 1.165) is 11.1 Å². The zero-order valence-electron chi connectivity index (χ0n) is 18.8. The lowest BCUT2D eigenvalue weighted by molar-refractivity contribution is -0.384. The lowest BCUT2D eigenvalue weighted by Gasteiger charge is -2.05. The first-order valence-corrected chi connectivity index (χ1v) is 10.8. The third-order valence-corrected chi connectivity index (χ3v) is 5.23. The summed E-state index contributed by atoms with van der Waals surface area (Å²) in [4.78, 5) is 34.8. The summed E-state index contributed by atoms with van der Waals surface area (Å²) in [6.07, 6.45) is -0.161. The molecule has 1 aromatic heterocycles. The van der Waals surface area contributed by atoms with Gasteiger partial charge in [-0.05, 0) is 11.1 Å². The van der Waals surface area contributed by atoms with Crippen LogP contribution in [0.4, 0.5) is 11.6 Å². The number of furan rings is 1. The molecular formula is C27H19N3O6. The summed E-state index contributed by atoms with van der Waals surface area (Å²) < 4.78 is 11.0. The largest absolute Gasteiger partial charge is 0.455 e. The van der Waals surface area contributed by atoms with Crippen molar-refractivity contribution in [2.45, 2.75) is 6.42 Å². The Hall–Kier alpha value is -5.23. The number of nitrogens with zero attached hydrogens (tertiary/aromatic N) is 2. The number of carbonyl (C=O) groups is 2. The first kappa shape index (κ1) is 23.9. The SMILES string of the molecule is N#Cc1c(NC(=O)COC(=O)Cc2ccc([N+](=O)[O-])cc2)oc(-c2ccccc2)c1-c1ccccc1. The number of amides is 1. The van der Waals surface area contributed by atoms with Gasteiger partial charge in [-0.3, -0.25) is 25.0 Å². The van der Waals surface area contributed by atoms with Crippen LogP contribution >= 0.6 is 0 Å². The summed E-state index contributed by atoms with van der Waals surface area (Å²) in [7, 11) is 0. The molecule has 3 aromatic carbocycles. The van der Waals surface area contributed by atoms with Crippen molar-refractivity contribution in [3.63, 3.8) is 0 Å². The first-order chi connectivity index (χ1) is 17.5. The molecule has 36 heavy (non-hydrogen) atoms. The fraction of sp³-hybridized carbons (Fsp3) is 0.0741. The molecule has 178 valence electrons. The second kappa shape index (κ2) is 10.8. The predicted octanol–water partition coefficient (Wildman–Crippen LogP) is 5.12. The van der Waals surface area contributed by atoms with Gasteiger partial charge in [0.15, 0.2) is 6.61 Å². The number of nitro benzene ring substituents is 1. The van der Waals surface area contributed by atoms with Crippen molar-refractivity contribution >= 4 is 23.4 Å². The number of benzene rings is 3. The van der Waals surface area contributed by atoms with Gasteiger partial charge in [-0.15, -0.1) is 0 Å². The third kappa shape index (κ3) is 5.46. The molecule has 0 aliphatic heterocycles. The van der Waals surface area contributed by atoms with Crippen LogP contribution in [0, 0.1) is 21.4 Å². The number of nitro groups is 1. The van der Waals surface area contributed by atoms with E-state index in [4.69, 9.17) is 9.15 Å². The van der Waals surface area contributed by atoms with Gasteiger partial charge in [-0.1, -0.05) is 72.8 Å². The van der Waals surface area contributed by atoms with E-state index in [9.17, 15) is 25.0 Å². The normalized spacial score (nSPS) is 10.3. The number of hydrogen-bond donors (Lipinski definition) is 1. The fourth-order valence-corrected chi connectivity index (χ4v) is 3.56. The molecule has 0 fully saturated rings. The highest BCUT2D eigenvalue weighted by Gasteiger charge is 2.24. The molecule has 1 heterocycles. The molecule has 4 rings (SSSR count). The Balaban J connectivity index is 1.49. The molecule has 0 spiro atoms. The zero-order chi connectivity index (χ0) is 25.5. The second-order valence-electron chi connectivity index (χ2n) is 7.66. The summed E-state index contributed by atoms with van der Waals surface area (Å²) in [5.74, 6) is -0.999. The minimum atomic E-state index is -0.686. The maximum atomic E-state index is 12.5. The van der Waals surface area contributed by atoms with Crippen LogP contribution in [0.25, 0.3) is 22.5 Å². The van der Waals surface area contributed by atoms with Crippen LogP contribution in [0.5, 0.6) is 0 Å². The fourth-order valence-electron chi connectivity index (χ4n) is 3.56. The summed E-state index contributed by atoms with van der Waals surface area (Å²) >= 11 is 0. The number of hydrogen-bond acceptors (Lipinski definition) is 7. The van der Waals surface area contributed by atoms with E-state index in [0.29, 0.717) is 16.9 Å². The monoisotopic (exact) mass is 481 g/mol. The van der Waals surface area contributed by atoms with Gasteiger partial charge in [0.25, 0.3) is 11.6 Å². The third-order valence-electron chi connectivity index (χ3n) is 5.23. The average Bonchev–Trinajstić information content (AvgIpc) is 3.26. The summed E-state index contributed by atoms with van der Waals surface area (Å²) in [6.45, 7) is -0.598. The van der Waals surface area contributed by atoms with E-state index >= 15 is 0 Å². The van der Waals surface area contributed by atoms with Crippen LogP contribution in [0.15, 0.2) is 89.3 Å². The Morgan fingerprint density at radius 2 is 1.56 bits per heavy atom. The zero-order valence-corrected chi connectivity index (χ0v) is 18.8. The molecule has 0 radical (unpaired) electrons. The van der Waals surface area contributed by atoms with Crippen molar-refractivity contribution in [1.82, 2.24) is 0 Å². The molecule has 0 saturated heterocycles. The molecule has 0 unspecified atom stereocenters. The maximum Gasteiger partial charge on any atom is 0.310 e. The lowest BCUT2D eigenvalue weighted by atomic mass is 9.98. The van der Waals surface area contributed by atoms with E-state index in [1.54, 1.807) is 0 Å². The van der Waals surface area contributed by atoms with Gasteiger partial charge in [0.2, 0.25) is 5.88 Å². The minimum Gasteiger partial charge on any atom is -0.455 e. The molecule has 1 N–H and O–H groups in total.